The van der Waals surface area contributed by atoms with Gasteiger partial charge in [0, 0.05) is 19.3 Å². The summed E-state index contributed by atoms with van der Waals surface area (Å²) in [6.45, 7) is 4.40. The second kappa shape index (κ2) is 55.6. The van der Waals surface area contributed by atoms with E-state index in [1.54, 1.807) is 0 Å². The summed E-state index contributed by atoms with van der Waals surface area (Å²) in [5.41, 5.74) is 0. The topological polar surface area (TPSA) is 155 Å². The molecule has 0 aliphatic rings. The van der Waals surface area contributed by atoms with Gasteiger partial charge in [-0.25, -0.2) is 4.57 Å². The third kappa shape index (κ3) is 53.2. The van der Waals surface area contributed by atoms with Gasteiger partial charge in [0.15, 0.2) is 6.10 Å². The predicted molar refractivity (Wildman–Crippen MR) is 307 cm³/mol. The summed E-state index contributed by atoms with van der Waals surface area (Å²) in [6, 6.07) is 0. The Balaban J connectivity index is 4.80. The molecule has 2 N–H and O–H groups in total. The molecule has 0 spiro atoms. The number of allylic oxidation sites excluding steroid dienone is 16. The van der Waals surface area contributed by atoms with Crippen molar-refractivity contribution >= 4 is 25.7 Å². The first-order valence-corrected chi connectivity index (χ1v) is 30.6. The van der Waals surface area contributed by atoms with Crippen molar-refractivity contribution < 1.29 is 52.2 Å². The second-order valence-corrected chi connectivity index (χ2v) is 20.5. The molecule has 0 heterocycles. The average molecular weight is 1060 g/mol. The number of phosphoric acid groups is 1. The fourth-order valence-corrected chi connectivity index (χ4v) is 8.32. The van der Waals surface area contributed by atoms with E-state index in [0.717, 1.165) is 141 Å². The van der Waals surface area contributed by atoms with Crippen LogP contribution in [0.4, 0.5) is 0 Å². The summed E-state index contributed by atoms with van der Waals surface area (Å²) in [5.74, 6) is -1.53. The molecule has 0 aromatic rings. The number of hydrogen-bond acceptors (Lipinski definition) is 10. The summed E-state index contributed by atoms with van der Waals surface area (Å²) < 4.78 is 39.5. The van der Waals surface area contributed by atoms with Crippen LogP contribution in [-0.2, 0) is 42.2 Å². The Kier molecular flexibility index (Phi) is 52.9. The van der Waals surface area contributed by atoms with Gasteiger partial charge in [-0.05, 0) is 116 Å². The fourth-order valence-electron chi connectivity index (χ4n) is 7.53. The lowest BCUT2D eigenvalue weighted by Crippen LogP contribution is -2.30. The van der Waals surface area contributed by atoms with Gasteiger partial charge in [-0.2, -0.15) is 0 Å². The molecule has 74 heavy (non-hydrogen) atoms. The van der Waals surface area contributed by atoms with Crippen molar-refractivity contribution in [2.45, 2.75) is 251 Å². The summed E-state index contributed by atoms with van der Waals surface area (Å²) >= 11 is 0. The van der Waals surface area contributed by atoms with Gasteiger partial charge in [-0.15, -0.1) is 0 Å². The van der Waals surface area contributed by atoms with E-state index in [1.165, 1.54) is 38.5 Å². The summed E-state index contributed by atoms with van der Waals surface area (Å²) in [7, 11) is -4.77. The highest BCUT2D eigenvalue weighted by Gasteiger charge is 2.28. The first kappa shape index (κ1) is 70.4. The molecule has 0 fully saturated rings. The maximum Gasteiger partial charge on any atom is 0.472 e. The Morgan fingerprint density at radius 1 is 0.392 bits per heavy atom. The minimum absolute atomic E-state index is 0.121. The summed E-state index contributed by atoms with van der Waals surface area (Å²) in [5, 5.41) is 9.82. The monoisotopic (exact) mass is 1060 g/mol. The van der Waals surface area contributed by atoms with Crippen molar-refractivity contribution in [3.8, 4) is 0 Å². The normalized spacial score (nSPS) is 14.1. The molecule has 0 bridgehead atoms. The van der Waals surface area contributed by atoms with Crippen LogP contribution in [0.3, 0.4) is 0 Å². The summed E-state index contributed by atoms with van der Waals surface area (Å²) in [4.78, 5) is 48.5. The van der Waals surface area contributed by atoms with Crippen molar-refractivity contribution in [2.24, 2.45) is 0 Å². The molecule has 3 unspecified atom stereocenters. The van der Waals surface area contributed by atoms with Crippen LogP contribution in [0.25, 0.3) is 0 Å². The molecular weight excluding hydrogens is 952 g/mol. The van der Waals surface area contributed by atoms with Crippen molar-refractivity contribution in [2.75, 3.05) is 26.4 Å². The largest absolute Gasteiger partial charge is 0.472 e. The zero-order valence-corrected chi connectivity index (χ0v) is 47.7. The third-order valence-electron chi connectivity index (χ3n) is 11.9. The Morgan fingerprint density at radius 3 is 1.16 bits per heavy atom. The minimum atomic E-state index is -4.77. The van der Waals surface area contributed by atoms with Crippen LogP contribution in [0.5, 0.6) is 0 Å². The molecule has 0 aromatic carbocycles. The number of phosphoric ester groups is 1. The predicted octanol–water partition coefficient (Wildman–Crippen LogP) is 17.3. The van der Waals surface area contributed by atoms with E-state index in [1.807, 2.05) is 0 Å². The van der Waals surface area contributed by atoms with Gasteiger partial charge in [0.2, 0.25) is 0 Å². The molecule has 0 rings (SSSR count). The SMILES string of the molecule is CC/C=C\C/C=C\C/C=C\C/C=C\C/C=C\CCCCCC(=O)OC(COC(=O)CCCCCCC/C=C\C/C=C\CCC)COP(=O)(O)OCC(CO)OC(=O)CCCCCCC/C=C\CCCCCCCC. The molecular formula is C62H105O11P. The van der Waals surface area contributed by atoms with Crippen LogP contribution in [0.15, 0.2) is 97.2 Å². The molecule has 424 valence electrons. The van der Waals surface area contributed by atoms with Gasteiger partial charge in [0.05, 0.1) is 19.8 Å². The number of aliphatic hydroxyl groups excluding tert-OH is 1. The van der Waals surface area contributed by atoms with E-state index >= 15 is 0 Å². The van der Waals surface area contributed by atoms with Crippen LogP contribution in [0, 0.1) is 0 Å². The van der Waals surface area contributed by atoms with Crippen molar-refractivity contribution in [3.05, 3.63) is 97.2 Å². The van der Waals surface area contributed by atoms with Gasteiger partial charge >= 0.3 is 25.7 Å². The Bertz CT molecular complexity index is 1610. The minimum Gasteiger partial charge on any atom is -0.462 e. The smallest absolute Gasteiger partial charge is 0.462 e. The van der Waals surface area contributed by atoms with Crippen molar-refractivity contribution in [1.29, 1.82) is 0 Å². The highest BCUT2D eigenvalue weighted by molar-refractivity contribution is 7.47. The molecule has 0 saturated carbocycles. The first-order chi connectivity index (χ1) is 36.2. The van der Waals surface area contributed by atoms with Gasteiger partial charge in [-0.1, -0.05) is 201 Å². The number of rotatable bonds is 53. The van der Waals surface area contributed by atoms with E-state index in [4.69, 9.17) is 23.3 Å². The zero-order chi connectivity index (χ0) is 54.1. The van der Waals surface area contributed by atoms with E-state index < -0.39 is 57.8 Å². The molecule has 0 aliphatic heterocycles. The third-order valence-corrected chi connectivity index (χ3v) is 12.9. The van der Waals surface area contributed by atoms with Gasteiger partial charge in [-0.3, -0.25) is 23.4 Å². The maximum absolute atomic E-state index is 12.9. The lowest BCUT2D eigenvalue weighted by atomic mass is 10.1. The second-order valence-electron chi connectivity index (χ2n) is 19.1. The van der Waals surface area contributed by atoms with Gasteiger partial charge in [0.1, 0.15) is 12.7 Å². The molecule has 0 radical (unpaired) electrons. The molecule has 0 aliphatic carbocycles. The van der Waals surface area contributed by atoms with E-state index in [-0.39, 0.29) is 25.9 Å². The van der Waals surface area contributed by atoms with E-state index in [2.05, 4.69) is 118 Å². The Morgan fingerprint density at radius 2 is 0.730 bits per heavy atom. The van der Waals surface area contributed by atoms with Crippen LogP contribution in [0.2, 0.25) is 0 Å². The molecule has 0 saturated heterocycles. The molecule has 0 amide bonds. The number of unbranched alkanes of at least 4 members (excludes halogenated alkanes) is 20. The first-order valence-electron chi connectivity index (χ1n) is 29.1. The lowest BCUT2D eigenvalue weighted by molar-refractivity contribution is -0.161. The van der Waals surface area contributed by atoms with Crippen LogP contribution < -0.4 is 0 Å². The van der Waals surface area contributed by atoms with Crippen LogP contribution in [-0.4, -0.2) is 66.5 Å². The average Bonchev–Trinajstić information content (AvgIpc) is 3.39. The zero-order valence-electron chi connectivity index (χ0n) is 46.8. The maximum atomic E-state index is 12.9. The fraction of sp³-hybridized carbons (Fsp3) is 0.694. The van der Waals surface area contributed by atoms with E-state index in [0.29, 0.717) is 19.3 Å². The highest BCUT2D eigenvalue weighted by atomic mass is 31.2. The lowest BCUT2D eigenvalue weighted by Gasteiger charge is -2.21. The van der Waals surface area contributed by atoms with E-state index in [9.17, 15) is 28.9 Å². The molecule has 3 atom stereocenters. The van der Waals surface area contributed by atoms with Crippen molar-refractivity contribution in [1.82, 2.24) is 0 Å². The highest BCUT2D eigenvalue weighted by Crippen LogP contribution is 2.43. The van der Waals surface area contributed by atoms with Crippen molar-refractivity contribution in [3.63, 3.8) is 0 Å². The Labute approximate surface area is 451 Å². The van der Waals surface area contributed by atoms with Crippen LogP contribution in [0.1, 0.15) is 239 Å². The van der Waals surface area contributed by atoms with Crippen LogP contribution >= 0.6 is 7.82 Å². The van der Waals surface area contributed by atoms with Gasteiger partial charge < -0.3 is 24.2 Å². The summed E-state index contributed by atoms with van der Waals surface area (Å²) in [6.07, 6.45) is 65.1. The number of hydrogen-bond donors (Lipinski definition) is 2. The standard InChI is InChI=1S/C62H105O11P/c1-4-7-10-13-16-19-22-25-27-28-29-30-32-35-38-41-44-47-50-53-62(66)73-59(55-69-60(64)51-48-45-42-39-36-33-24-21-18-15-12-9-6-3)57-71-74(67,68)70-56-58(54-63)72-61(65)52-49-46-43-40-37-34-31-26-23-20-17-14-11-8-5-2/h7,10,12,15-16,19,21,24-27,29-31,35,38,58-59,63H,4-6,8-9,11,13-14,17-18,20,22-23,28,32-34,36-37,39-57H2,1-3H3,(H,67,68)/b10-7-,15-12-,19-16-,24-21-,27-25-,30-29-,31-26-,38-35-. The number of aliphatic hydroxyl groups is 1. The quantitative estimate of drug-likeness (QED) is 0.0197. The van der Waals surface area contributed by atoms with Gasteiger partial charge in [0.25, 0.3) is 0 Å². The molecule has 11 nitrogen and oxygen atoms in total. The number of ether oxygens (including phenoxy) is 3. The molecule has 0 aromatic heterocycles. The Hall–Kier alpha value is -3.60. The number of esters is 3. The number of carbonyl (C=O) groups excluding carboxylic acids is 3. The number of carbonyl (C=O) groups is 3. The molecule has 12 heteroatoms.